The van der Waals surface area contributed by atoms with Gasteiger partial charge < -0.3 is 10.2 Å². The summed E-state index contributed by atoms with van der Waals surface area (Å²) < 4.78 is 0. The van der Waals surface area contributed by atoms with Crippen molar-refractivity contribution in [2.75, 3.05) is 27.2 Å². The maximum Gasteiger partial charge on any atom is 0.255 e. The van der Waals surface area contributed by atoms with E-state index in [4.69, 9.17) is 0 Å². The van der Waals surface area contributed by atoms with Crippen molar-refractivity contribution in [1.82, 2.24) is 15.2 Å². The Balaban J connectivity index is 2.72. The van der Waals surface area contributed by atoms with Crippen molar-refractivity contribution in [3.63, 3.8) is 0 Å². The van der Waals surface area contributed by atoms with Crippen molar-refractivity contribution in [1.29, 1.82) is 0 Å². The van der Waals surface area contributed by atoms with E-state index in [1.54, 1.807) is 30.3 Å². The fourth-order valence-corrected chi connectivity index (χ4v) is 1.30. The summed E-state index contributed by atoms with van der Waals surface area (Å²) in [7, 11) is 3.67. The maximum atomic E-state index is 11.9. The van der Waals surface area contributed by atoms with Gasteiger partial charge in [0.1, 0.15) is 0 Å². The molecule has 1 rings (SSSR count). The first kappa shape index (κ1) is 11.7. The summed E-state index contributed by atoms with van der Waals surface area (Å²) in [4.78, 5) is 17.7. The Hall–Kier alpha value is -1.42. The van der Waals surface area contributed by atoms with Crippen LogP contribution in [0.25, 0.3) is 0 Å². The first-order valence-electron chi connectivity index (χ1n) is 4.98. The van der Waals surface area contributed by atoms with E-state index < -0.39 is 0 Å². The standard InChI is InChI=1S/C11H17N3O/c1-9-10(5-4-6-13-9)11(15)14(3)8-7-12-2/h4-6,12H,7-8H2,1-3H3. The van der Waals surface area contributed by atoms with E-state index in [0.29, 0.717) is 12.1 Å². The normalized spacial score (nSPS) is 10.1. The summed E-state index contributed by atoms with van der Waals surface area (Å²) in [6.07, 6.45) is 1.69. The fraction of sp³-hybridized carbons (Fsp3) is 0.455. The summed E-state index contributed by atoms with van der Waals surface area (Å²) in [5.41, 5.74) is 1.45. The highest BCUT2D eigenvalue weighted by Gasteiger charge is 2.13. The molecule has 1 heterocycles. The number of amides is 1. The number of carbonyl (C=O) groups is 1. The number of nitrogens with one attached hydrogen (secondary N) is 1. The highest BCUT2D eigenvalue weighted by Crippen LogP contribution is 2.06. The Morgan fingerprint density at radius 3 is 2.93 bits per heavy atom. The summed E-state index contributed by atoms with van der Waals surface area (Å²) in [6.45, 7) is 3.34. The molecule has 15 heavy (non-hydrogen) atoms. The molecule has 0 aliphatic rings. The number of hydrogen-bond donors (Lipinski definition) is 1. The van der Waals surface area contributed by atoms with E-state index >= 15 is 0 Å². The minimum Gasteiger partial charge on any atom is -0.340 e. The predicted octanol–water partition coefficient (Wildman–Crippen LogP) is 0.681. The Kier molecular flexibility index (Phi) is 4.24. The van der Waals surface area contributed by atoms with Crippen LogP contribution in [0.4, 0.5) is 0 Å². The monoisotopic (exact) mass is 207 g/mol. The third kappa shape index (κ3) is 3.02. The van der Waals surface area contributed by atoms with Crippen LogP contribution in [0.3, 0.4) is 0 Å². The van der Waals surface area contributed by atoms with Gasteiger partial charge in [0.2, 0.25) is 0 Å². The Morgan fingerprint density at radius 2 is 2.33 bits per heavy atom. The van der Waals surface area contributed by atoms with Crippen LogP contribution in [-0.2, 0) is 0 Å². The van der Waals surface area contributed by atoms with Crippen LogP contribution in [0.2, 0.25) is 0 Å². The molecular formula is C11H17N3O. The Labute approximate surface area is 90.3 Å². The molecule has 0 aliphatic carbocycles. The quantitative estimate of drug-likeness (QED) is 0.789. The smallest absolute Gasteiger partial charge is 0.255 e. The van der Waals surface area contributed by atoms with Crippen LogP contribution in [0.5, 0.6) is 0 Å². The van der Waals surface area contributed by atoms with Crippen LogP contribution in [0.15, 0.2) is 18.3 Å². The van der Waals surface area contributed by atoms with Crippen molar-refractivity contribution in [3.8, 4) is 0 Å². The van der Waals surface area contributed by atoms with Gasteiger partial charge in [-0.15, -0.1) is 0 Å². The molecule has 0 aromatic carbocycles. The molecule has 0 bridgehead atoms. The van der Waals surface area contributed by atoms with Gasteiger partial charge in [-0.3, -0.25) is 9.78 Å². The van der Waals surface area contributed by atoms with Crippen LogP contribution < -0.4 is 5.32 Å². The van der Waals surface area contributed by atoms with Crippen molar-refractivity contribution in [3.05, 3.63) is 29.6 Å². The number of rotatable bonds is 4. The highest BCUT2D eigenvalue weighted by atomic mass is 16.2. The molecule has 1 amide bonds. The van der Waals surface area contributed by atoms with Crippen molar-refractivity contribution in [2.24, 2.45) is 0 Å². The third-order valence-corrected chi connectivity index (χ3v) is 2.28. The summed E-state index contributed by atoms with van der Waals surface area (Å²) in [5.74, 6) is 0.0239. The predicted molar refractivity (Wildman–Crippen MR) is 59.9 cm³/mol. The van der Waals surface area contributed by atoms with Gasteiger partial charge in [0.05, 0.1) is 5.56 Å². The lowest BCUT2D eigenvalue weighted by Crippen LogP contribution is -2.33. The first-order valence-corrected chi connectivity index (χ1v) is 4.98. The van der Waals surface area contributed by atoms with Crippen LogP contribution in [0, 0.1) is 6.92 Å². The summed E-state index contributed by atoms with van der Waals surface area (Å²) in [6, 6.07) is 3.59. The van der Waals surface area contributed by atoms with Gasteiger partial charge in [0, 0.05) is 32.0 Å². The highest BCUT2D eigenvalue weighted by molar-refractivity contribution is 5.94. The molecule has 0 radical (unpaired) electrons. The zero-order valence-corrected chi connectivity index (χ0v) is 9.45. The van der Waals surface area contributed by atoms with Crippen LogP contribution in [0.1, 0.15) is 16.1 Å². The van der Waals surface area contributed by atoms with Gasteiger partial charge in [-0.2, -0.15) is 0 Å². The lowest BCUT2D eigenvalue weighted by Gasteiger charge is -2.17. The topological polar surface area (TPSA) is 45.2 Å². The minimum atomic E-state index is 0.0239. The third-order valence-electron chi connectivity index (χ3n) is 2.28. The molecule has 0 saturated heterocycles. The average Bonchev–Trinajstić information content (AvgIpc) is 2.25. The van der Waals surface area contributed by atoms with Gasteiger partial charge in [0.15, 0.2) is 0 Å². The van der Waals surface area contributed by atoms with Gasteiger partial charge in [-0.05, 0) is 26.1 Å². The molecule has 0 unspecified atom stereocenters. The number of aryl methyl sites for hydroxylation is 1. The number of pyridine rings is 1. The fourth-order valence-electron chi connectivity index (χ4n) is 1.30. The second kappa shape index (κ2) is 5.46. The Bertz CT molecular complexity index is 338. The van der Waals surface area contributed by atoms with E-state index in [2.05, 4.69) is 10.3 Å². The molecule has 82 valence electrons. The molecule has 0 atom stereocenters. The molecule has 0 saturated carbocycles. The summed E-state index contributed by atoms with van der Waals surface area (Å²) >= 11 is 0. The second-order valence-electron chi connectivity index (χ2n) is 3.47. The number of nitrogens with zero attached hydrogens (tertiary/aromatic N) is 2. The molecule has 0 aliphatic heterocycles. The summed E-state index contributed by atoms with van der Waals surface area (Å²) in [5, 5.41) is 3.01. The van der Waals surface area contributed by atoms with Crippen molar-refractivity contribution >= 4 is 5.91 Å². The molecule has 1 N–H and O–H groups in total. The lowest BCUT2D eigenvalue weighted by molar-refractivity contribution is 0.0795. The zero-order valence-electron chi connectivity index (χ0n) is 9.45. The van der Waals surface area contributed by atoms with E-state index in [1.807, 2.05) is 14.0 Å². The largest absolute Gasteiger partial charge is 0.340 e. The van der Waals surface area contributed by atoms with E-state index in [1.165, 1.54) is 0 Å². The zero-order chi connectivity index (χ0) is 11.3. The van der Waals surface area contributed by atoms with Crippen molar-refractivity contribution < 1.29 is 4.79 Å². The number of hydrogen-bond acceptors (Lipinski definition) is 3. The molecular weight excluding hydrogens is 190 g/mol. The molecule has 0 fully saturated rings. The van der Waals surface area contributed by atoms with Gasteiger partial charge in [0.25, 0.3) is 5.91 Å². The minimum absolute atomic E-state index is 0.0239. The van der Waals surface area contributed by atoms with Gasteiger partial charge in [-0.25, -0.2) is 0 Å². The molecule has 1 aromatic rings. The van der Waals surface area contributed by atoms with E-state index in [9.17, 15) is 4.79 Å². The van der Waals surface area contributed by atoms with Crippen LogP contribution >= 0.6 is 0 Å². The van der Waals surface area contributed by atoms with Crippen molar-refractivity contribution in [2.45, 2.75) is 6.92 Å². The average molecular weight is 207 g/mol. The van der Waals surface area contributed by atoms with Gasteiger partial charge in [-0.1, -0.05) is 0 Å². The molecule has 4 heteroatoms. The molecule has 0 spiro atoms. The molecule has 1 aromatic heterocycles. The Morgan fingerprint density at radius 1 is 1.60 bits per heavy atom. The second-order valence-corrected chi connectivity index (χ2v) is 3.47. The van der Waals surface area contributed by atoms with E-state index in [-0.39, 0.29) is 5.91 Å². The van der Waals surface area contributed by atoms with Crippen LogP contribution in [-0.4, -0.2) is 43.0 Å². The number of likely N-dealkylation sites (N-methyl/N-ethyl adjacent to an activating group) is 2. The SMILES string of the molecule is CNCCN(C)C(=O)c1cccnc1C. The van der Waals surface area contributed by atoms with E-state index in [0.717, 1.165) is 12.2 Å². The molecule has 4 nitrogen and oxygen atoms in total. The van der Waals surface area contributed by atoms with Gasteiger partial charge >= 0.3 is 0 Å². The maximum absolute atomic E-state index is 11.9. The lowest BCUT2D eigenvalue weighted by atomic mass is 10.2. The number of carbonyl (C=O) groups excluding carboxylic acids is 1. The first-order chi connectivity index (χ1) is 7.16. The number of aromatic nitrogens is 1.